The summed E-state index contributed by atoms with van der Waals surface area (Å²) < 4.78 is 0. The van der Waals surface area contributed by atoms with Gasteiger partial charge in [-0.1, -0.05) is 154 Å². The van der Waals surface area contributed by atoms with E-state index in [2.05, 4.69) is 36.5 Å². The van der Waals surface area contributed by atoms with Gasteiger partial charge in [-0.3, -0.25) is 0 Å². The quantitative estimate of drug-likeness (QED) is 0.380. The summed E-state index contributed by atoms with van der Waals surface area (Å²) in [5, 5.41) is 0. The predicted molar refractivity (Wildman–Crippen MR) is 136 cm³/mol. The Morgan fingerprint density at radius 1 is 0.333 bits per heavy atom. The molecule has 0 amide bonds. The van der Waals surface area contributed by atoms with Crippen molar-refractivity contribution < 1.29 is 0 Å². The van der Waals surface area contributed by atoms with Crippen LogP contribution in [0.5, 0.6) is 0 Å². The average molecular weight is 400 g/mol. The molecule has 1 aliphatic rings. The Morgan fingerprint density at radius 3 is 1.20 bits per heavy atom. The van der Waals surface area contributed by atoms with Crippen molar-refractivity contribution in [1.82, 2.24) is 0 Å². The van der Waals surface area contributed by atoms with Crippen molar-refractivity contribution in [2.75, 3.05) is 0 Å². The highest BCUT2D eigenvalue weighted by molar-refractivity contribution is 5.22. The second-order valence-electron chi connectivity index (χ2n) is 7.25. The van der Waals surface area contributed by atoms with Crippen LogP contribution in [0.1, 0.15) is 64.2 Å². The molecule has 0 aliphatic heterocycles. The fourth-order valence-corrected chi connectivity index (χ4v) is 2.89. The SMILES string of the molecule is [C]1=C/C=C/C=C\C=C\C=C\C=C\C=C\C=C/C=C/C=C/CCCCCCCCCC/1. The van der Waals surface area contributed by atoms with E-state index in [-0.39, 0.29) is 0 Å². The Labute approximate surface area is 185 Å². The van der Waals surface area contributed by atoms with Crippen molar-refractivity contribution in [3.05, 3.63) is 122 Å². The Morgan fingerprint density at radius 2 is 0.700 bits per heavy atom. The monoisotopic (exact) mass is 399 g/mol. The Hall–Kier alpha value is -2.60. The summed E-state index contributed by atoms with van der Waals surface area (Å²) >= 11 is 0. The lowest BCUT2D eigenvalue weighted by atomic mass is 10.1. The van der Waals surface area contributed by atoms with Crippen LogP contribution in [0.25, 0.3) is 0 Å². The van der Waals surface area contributed by atoms with E-state index in [4.69, 9.17) is 0 Å². The molecule has 0 fully saturated rings. The van der Waals surface area contributed by atoms with E-state index in [1.54, 1.807) is 0 Å². The van der Waals surface area contributed by atoms with Gasteiger partial charge in [-0.15, -0.1) is 0 Å². The van der Waals surface area contributed by atoms with E-state index in [9.17, 15) is 0 Å². The van der Waals surface area contributed by atoms with Crippen molar-refractivity contribution in [2.24, 2.45) is 0 Å². The maximum Gasteiger partial charge on any atom is -0.0276 e. The molecule has 0 nitrogen and oxygen atoms in total. The molecule has 0 saturated heterocycles. The molecule has 30 heavy (non-hydrogen) atoms. The average Bonchev–Trinajstić information content (AvgIpc) is 2.76. The molecule has 0 bridgehead atoms. The molecule has 1 rings (SSSR count). The highest BCUT2D eigenvalue weighted by Gasteiger charge is 1.91. The van der Waals surface area contributed by atoms with Crippen LogP contribution in [0.4, 0.5) is 0 Å². The van der Waals surface area contributed by atoms with Gasteiger partial charge < -0.3 is 0 Å². The van der Waals surface area contributed by atoms with Crippen LogP contribution < -0.4 is 0 Å². The molecule has 0 aromatic heterocycles. The molecule has 0 unspecified atom stereocenters. The van der Waals surface area contributed by atoms with Crippen LogP contribution in [-0.2, 0) is 0 Å². The lowest BCUT2D eigenvalue weighted by Crippen LogP contribution is -1.81. The standard InChI is InChI=1S/C30H39/c1-2-4-6-8-10-12-14-16-18-20-22-24-26-28-30-29-27-25-23-21-19-17-15-13-11-9-7-5-3-1/h1-19H,20,22-30H2/b2-1+,5-3+,6-4+,9-7+,10-8-,13-11-,14-12+,17-15+,18-16+,21-19?. The normalized spacial score (nSPS) is 29.3. The minimum Gasteiger partial charge on any atom is -0.0845 e. The first kappa shape index (κ1) is 25.4. The van der Waals surface area contributed by atoms with Gasteiger partial charge in [-0.25, -0.2) is 0 Å². The Kier molecular flexibility index (Phi) is 19.2. The minimum absolute atomic E-state index is 1.07. The third-order valence-corrected chi connectivity index (χ3v) is 4.57. The summed E-state index contributed by atoms with van der Waals surface area (Å²) in [5.74, 6) is 0. The molecule has 0 aromatic carbocycles. The first-order valence-corrected chi connectivity index (χ1v) is 11.6. The lowest BCUT2D eigenvalue weighted by Gasteiger charge is -2.00. The van der Waals surface area contributed by atoms with Gasteiger partial charge in [0, 0.05) is 0 Å². The van der Waals surface area contributed by atoms with Gasteiger partial charge in [0.2, 0.25) is 0 Å². The summed E-state index contributed by atoms with van der Waals surface area (Å²) in [6.45, 7) is 0. The van der Waals surface area contributed by atoms with Gasteiger partial charge in [0.15, 0.2) is 0 Å². The van der Waals surface area contributed by atoms with Crippen LogP contribution in [-0.4, -0.2) is 0 Å². The molecule has 1 aliphatic carbocycles. The minimum atomic E-state index is 1.07. The van der Waals surface area contributed by atoms with Crippen molar-refractivity contribution >= 4 is 0 Å². The van der Waals surface area contributed by atoms with E-state index in [0.717, 1.165) is 6.42 Å². The first-order valence-electron chi connectivity index (χ1n) is 11.6. The maximum atomic E-state index is 3.36. The van der Waals surface area contributed by atoms with E-state index in [1.165, 1.54) is 57.8 Å². The topological polar surface area (TPSA) is 0 Å². The molecule has 0 saturated carbocycles. The van der Waals surface area contributed by atoms with Crippen molar-refractivity contribution in [1.29, 1.82) is 0 Å². The van der Waals surface area contributed by atoms with Gasteiger partial charge >= 0.3 is 0 Å². The molecule has 1 radical (unpaired) electrons. The molecular formula is C30H39. The highest BCUT2D eigenvalue weighted by Crippen LogP contribution is 2.11. The van der Waals surface area contributed by atoms with E-state index < -0.39 is 0 Å². The number of allylic oxidation sites excluding steroid dienone is 20. The largest absolute Gasteiger partial charge is 0.0845 e. The smallest absolute Gasteiger partial charge is 0.0276 e. The molecular weight excluding hydrogens is 360 g/mol. The molecule has 0 heterocycles. The van der Waals surface area contributed by atoms with Gasteiger partial charge in [0.05, 0.1) is 0 Å². The second kappa shape index (κ2) is 22.7. The third kappa shape index (κ3) is 20.1. The molecule has 0 heteroatoms. The summed E-state index contributed by atoms with van der Waals surface area (Å²) in [5.41, 5.74) is 0. The van der Waals surface area contributed by atoms with Crippen LogP contribution in [0.2, 0.25) is 0 Å². The van der Waals surface area contributed by atoms with Crippen molar-refractivity contribution in [3.8, 4) is 0 Å². The number of hydrogen-bond donors (Lipinski definition) is 0. The van der Waals surface area contributed by atoms with E-state index in [1.807, 2.05) is 85.1 Å². The summed E-state index contributed by atoms with van der Waals surface area (Å²) in [6, 6.07) is 0. The zero-order valence-corrected chi connectivity index (χ0v) is 18.5. The number of rotatable bonds is 0. The molecule has 0 atom stereocenters. The van der Waals surface area contributed by atoms with Gasteiger partial charge in [-0.2, -0.15) is 0 Å². The maximum absolute atomic E-state index is 3.36. The summed E-state index contributed by atoms with van der Waals surface area (Å²) in [6.07, 6.45) is 55.5. The zero-order chi connectivity index (χ0) is 21.2. The molecule has 0 aromatic rings. The second-order valence-corrected chi connectivity index (χ2v) is 7.25. The molecule has 159 valence electrons. The summed E-state index contributed by atoms with van der Waals surface area (Å²) in [7, 11) is 0. The first-order chi connectivity index (χ1) is 15.0. The fraction of sp³-hybridized carbons (Fsp3) is 0.333. The van der Waals surface area contributed by atoms with E-state index in [0.29, 0.717) is 0 Å². The predicted octanol–water partition coefficient (Wildman–Crippen LogP) is 9.27. The van der Waals surface area contributed by atoms with Crippen LogP contribution in [0.15, 0.2) is 115 Å². The highest BCUT2D eigenvalue weighted by atomic mass is 14.0. The molecule has 0 N–H and O–H groups in total. The third-order valence-electron chi connectivity index (χ3n) is 4.57. The Bertz CT molecular complexity index is 609. The van der Waals surface area contributed by atoms with Crippen molar-refractivity contribution in [2.45, 2.75) is 64.2 Å². The number of hydrogen-bond acceptors (Lipinski definition) is 0. The van der Waals surface area contributed by atoms with E-state index >= 15 is 0 Å². The van der Waals surface area contributed by atoms with Gasteiger partial charge in [0.1, 0.15) is 0 Å². The van der Waals surface area contributed by atoms with Gasteiger partial charge in [0.25, 0.3) is 0 Å². The van der Waals surface area contributed by atoms with Crippen LogP contribution in [0.3, 0.4) is 0 Å². The molecule has 0 spiro atoms. The van der Waals surface area contributed by atoms with Crippen LogP contribution in [0, 0.1) is 6.08 Å². The summed E-state index contributed by atoms with van der Waals surface area (Å²) in [4.78, 5) is 0. The zero-order valence-electron chi connectivity index (χ0n) is 18.5. The Balaban J connectivity index is 2.42. The van der Waals surface area contributed by atoms with Gasteiger partial charge in [-0.05, 0) is 31.8 Å². The fourth-order valence-electron chi connectivity index (χ4n) is 2.89. The van der Waals surface area contributed by atoms with Crippen molar-refractivity contribution in [3.63, 3.8) is 0 Å². The van der Waals surface area contributed by atoms with Crippen LogP contribution >= 0.6 is 0 Å². The lowest BCUT2D eigenvalue weighted by molar-refractivity contribution is 0.570.